The first-order valence-electron chi connectivity index (χ1n) is 6.81. The van der Waals surface area contributed by atoms with E-state index in [-0.39, 0.29) is 19.0 Å². The van der Waals surface area contributed by atoms with E-state index in [9.17, 15) is 9.90 Å². The molecule has 0 spiro atoms. The molecule has 0 saturated heterocycles. The molecule has 0 saturated carbocycles. The van der Waals surface area contributed by atoms with Crippen molar-refractivity contribution in [2.75, 3.05) is 6.54 Å². The summed E-state index contributed by atoms with van der Waals surface area (Å²) < 4.78 is 5.14. The Morgan fingerprint density at radius 3 is 3.00 bits per heavy atom. The van der Waals surface area contributed by atoms with Gasteiger partial charge in [0.05, 0.1) is 12.4 Å². The van der Waals surface area contributed by atoms with E-state index in [2.05, 4.69) is 20.7 Å². The Hall–Kier alpha value is -2.22. The Kier molecular flexibility index (Phi) is 5.04. The molecule has 0 aliphatic carbocycles. The molecule has 0 bridgehead atoms. The Morgan fingerprint density at radius 1 is 1.52 bits per heavy atom. The molecule has 21 heavy (non-hydrogen) atoms. The summed E-state index contributed by atoms with van der Waals surface area (Å²) in [5.41, 5.74) is 0. The molecule has 1 amide bonds. The number of nitrogens with zero attached hydrogens (tertiary/aromatic N) is 4. The Labute approximate surface area is 122 Å². The van der Waals surface area contributed by atoms with Crippen LogP contribution in [0, 0.1) is 5.92 Å². The summed E-state index contributed by atoms with van der Waals surface area (Å²) in [5.74, 6) is 0.924. The van der Waals surface area contributed by atoms with Crippen molar-refractivity contribution >= 4 is 5.91 Å². The molecule has 2 aromatic heterocycles. The maximum atomic E-state index is 11.7. The lowest BCUT2D eigenvalue weighted by Gasteiger charge is -2.13. The van der Waals surface area contributed by atoms with Crippen molar-refractivity contribution in [3.8, 4) is 11.6 Å². The quantitative estimate of drug-likeness (QED) is 0.768. The zero-order valence-corrected chi connectivity index (χ0v) is 12.1. The highest BCUT2D eigenvalue weighted by atomic mass is 16.3. The fourth-order valence-electron chi connectivity index (χ4n) is 1.86. The SMILES string of the molecule is CC(C)CC(O)CNC(=O)Cn1nnc(-c2ccco2)n1. The summed E-state index contributed by atoms with van der Waals surface area (Å²) >= 11 is 0. The third-order valence-electron chi connectivity index (χ3n) is 2.76. The molecule has 2 N–H and O–H groups in total. The first-order chi connectivity index (χ1) is 10.0. The lowest BCUT2D eigenvalue weighted by Crippen LogP contribution is -2.35. The second kappa shape index (κ2) is 6.98. The van der Waals surface area contributed by atoms with Crippen LogP contribution in [0.15, 0.2) is 22.8 Å². The summed E-state index contributed by atoms with van der Waals surface area (Å²) in [6, 6.07) is 3.43. The van der Waals surface area contributed by atoms with Gasteiger partial charge in [-0.2, -0.15) is 4.80 Å². The van der Waals surface area contributed by atoms with Gasteiger partial charge >= 0.3 is 0 Å². The molecule has 8 nitrogen and oxygen atoms in total. The highest BCUT2D eigenvalue weighted by molar-refractivity contribution is 5.75. The maximum absolute atomic E-state index is 11.7. The van der Waals surface area contributed by atoms with Crippen LogP contribution in [0.5, 0.6) is 0 Å². The lowest BCUT2D eigenvalue weighted by molar-refractivity contribution is -0.122. The van der Waals surface area contributed by atoms with Gasteiger partial charge in [-0.15, -0.1) is 10.2 Å². The van der Waals surface area contributed by atoms with Crippen LogP contribution in [0.4, 0.5) is 0 Å². The third kappa shape index (κ3) is 4.67. The van der Waals surface area contributed by atoms with Crippen LogP contribution in [-0.4, -0.2) is 43.9 Å². The summed E-state index contributed by atoms with van der Waals surface area (Å²) in [6.45, 7) is 4.19. The first-order valence-corrected chi connectivity index (χ1v) is 6.81. The number of rotatable bonds is 7. The molecule has 2 rings (SSSR count). The molecule has 0 aliphatic heterocycles. The molecule has 2 heterocycles. The largest absolute Gasteiger partial charge is 0.461 e. The number of nitrogens with one attached hydrogen (secondary N) is 1. The van der Waals surface area contributed by atoms with Gasteiger partial charge in [0.25, 0.3) is 0 Å². The minimum atomic E-state index is -0.545. The lowest BCUT2D eigenvalue weighted by atomic mass is 10.1. The number of amides is 1. The van der Waals surface area contributed by atoms with E-state index in [0.717, 1.165) is 0 Å². The van der Waals surface area contributed by atoms with Crippen LogP contribution in [0.3, 0.4) is 0 Å². The van der Waals surface area contributed by atoms with Crippen LogP contribution in [-0.2, 0) is 11.3 Å². The van der Waals surface area contributed by atoms with Gasteiger partial charge in [0.1, 0.15) is 6.54 Å². The predicted octanol–water partition coefficient (Wildman–Crippen LogP) is 0.456. The van der Waals surface area contributed by atoms with E-state index >= 15 is 0 Å². The average Bonchev–Trinajstić information content (AvgIpc) is 3.05. The Bertz CT molecular complexity index is 564. The van der Waals surface area contributed by atoms with Gasteiger partial charge in [0, 0.05) is 6.54 Å². The highest BCUT2D eigenvalue weighted by Crippen LogP contribution is 2.12. The van der Waals surface area contributed by atoms with Crippen molar-refractivity contribution in [1.29, 1.82) is 0 Å². The van der Waals surface area contributed by atoms with Crippen molar-refractivity contribution in [3.05, 3.63) is 18.4 Å². The number of aromatic nitrogens is 4. The molecule has 8 heteroatoms. The maximum Gasteiger partial charge on any atom is 0.243 e. The van der Waals surface area contributed by atoms with Gasteiger partial charge in [-0.1, -0.05) is 13.8 Å². The second-order valence-electron chi connectivity index (χ2n) is 5.21. The number of aliphatic hydroxyl groups is 1. The van der Waals surface area contributed by atoms with Gasteiger partial charge in [-0.25, -0.2) is 0 Å². The van der Waals surface area contributed by atoms with E-state index in [1.807, 2.05) is 13.8 Å². The Morgan fingerprint density at radius 2 is 2.33 bits per heavy atom. The minimum absolute atomic E-state index is 0.0535. The standard InChI is InChI=1S/C13H19N5O3/c1-9(2)6-10(19)7-14-12(20)8-18-16-13(15-17-18)11-4-3-5-21-11/h3-5,9-10,19H,6-8H2,1-2H3,(H,14,20). The number of furan rings is 1. The molecule has 114 valence electrons. The van der Waals surface area contributed by atoms with Gasteiger partial charge in [0.2, 0.25) is 11.7 Å². The topological polar surface area (TPSA) is 106 Å². The fourth-order valence-corrected chi connectivity index (χ4v) is 1.86. The van der Waals surface area contributed by atoms with Crippen molar-refractivity contribution in [3.63, 3.8) is 0 Å². The highest BCUT2D eigenvalue weighted by Gasteiger charge is 2.12. The monoisotopic (exact) mass is 293 g/mol. The zero-order valence-electron chi connectivity index (χ0n) is 12.1. The van der Waals surface area contributed by atoms with Crippen LogP contribution in [0.2, 0.25) is 0 Å². The van der Waals surface area contributed by atoms with Crippen molar-refractivity contribution in [1.82, 2.24) is 25.5 Å². The molecule has 1 unspecified atom stereocenters. The molecule has 0 fully saturated rings. The number of carbonyl (C=O) groups is 1. The van der Waals surface area contributed by atoms with Gasteiger partial charge in [-0.05, 0) is 29.7 Å². The molecule has 0 aliphatic rings. The number of aliphatic hydroxyl groups excluding tert-OH is 1. The smallest absolute Gasteiger partial charge is 0.243 e. The molecular formula is C13H19N5O3. The van der Waals surface area contributed by atoms with E-state index in [1.54, 1.807) is 12.1 Å². The number of hydrogen-bond donors (Lipinski definition) is 2. The molecule has 0 radical (unpaired) electrons. The van der Waals surface area contributed by atoms with E-state index in [4.69, 9.17) is 4.42 Å². The Balaban J connectivity index is 1.80. The average molecular weight is 293 g/mol. The number of hydrogen-bond acceptors (Lipinski definition) is 6. The normalized spacial score (nSPS) is 12.6. The summed E-state index contributed by atoms with van der Waals surface area (Å²) in [7, 11) is 0. The first kappa shape index (κ1) is 15.2. The summed E-state index contributed by atoms with van der Waals surface area (Å²) in [5, 5.41) is 24.0. The van der Waals surface area contributed by atoms with E-state index < -0.39 is 6.10 Å². The summed E-state index contributed by atoms with van der Waals surface area (Å²) in [6.07, 6.45) is 1.61. The van der Waals surface area contributed by atoms with Crippen LogP contribution in [0.1, 0.15) is 20.3 Å². The molecule has 1 atom stereocenters. The van der Waals surface area contributed by atoms with E-state index in [0.29, 0.717) is 23.9 Å². The number of tetrazole rings is 1. The zero-order chi connectivity index (χ0) is 15.2. The fraction of sp³-hybridized carbons (Fsp3) is 0.538. The van der Waals surface area contributed by atoms with Crippen LogP contribution >= 0.6 is 0 Å². The molecule has 2 aromatic rings. The van der Waals surface area contributed by atoms with E-state index in [1.165, 1.54) is 11.1 Å². The third-order valence-corrected chi connectivity index (χ3v) is 2.76. The van der Waals surface area contributed by atoms with Crippen molar-refractivity contribution in [2.24, 2.45) is 5.92 Å². The predicted molar refractivity (Wildman–Crippen MR) is 74.0 cm³/mol. The van der Waals surface area contributed by atoms with Gasteiger partial charge in [-0.3, -0.25) is 4.79 Å². The van der Waals surface area contributed by atoms with Crippen LogP contribution < -0.4 is 5.32 Å². The molecule has 0 aromatic carbocycles. The van der Waals surface area contributed by atoms with Crippen LogP contribution in [0.25, 0.3) is 11.6 Å². The molecular weight excluding hydrogens is 274 g/mol. The minimum Gasteiger partial charge on any atom is -0.461 e. The second-order valence-corrected chi connectivity index (χ2v) is 5.21. The van der Waals surface area contributed by atoms with Crippen molar-refractivity contribution < 1.29 is 14.3 Å². The van der Waals surface area contributed by atoms with Gasteiger partial charge in [0.15, 0.2) is 5.76 Å². The summed E-state index contributed by atoms with van der Waals surface area (Å²) in [4.78, 5) is 12.9. The van der Waals surface area contributed by atoms with Gasteiger partial charge < -0.3 is 14.8 Å². The van der Waals surface area contributed by atoms with Crippen molar-refractivity contribution in [2.45, 2.75) is 32.9 Å². The number of carbonyl (C=O) groups excluding carboxylic acids is 1.